The molecule has 0 aliphatic rings. The molecule has 0 saturated carbocycles. The lowest BCUT2D eigenvalue weighted by Gasteiger charge is -2.17. The van der Waals surface area contributed by atoms with Crippen LogP contribution in [0.5, 0.6) is 0 Å². The van der Waals surface area contributed by atoms with Crippen LogP contribution in [0, 0.1) is 0 Å². The number of hydrogen-bond acceptors (Lipinski definition) is 4. The normalized spacial score (nSPS) is 13.3. The van der Waals surface area contributed by atoms with Crippen LogP contribution in [0.1, 0.15) is 23.5 Å². The van der Waals surface area contributed by atoms with Gasteiger partial charge in [0, 0.05) is 18.7 Å². The lowest BCUT2D eigenvalue weighted by Crippen LogP contribution is -2.41. The smallest absolute Gasteiger partial charge is 0.315 e. The first kappa shape index (κ1) is 17.3. The number of ether oxygens (including phenoxy) is 1. The molecule has 2 atom stereocenters. The summed E-state index contributed by atoms with van der Waals surface area (Å²) in [6.07, 6.45) is 0.713. The van der Waals surface area contributed by atoms with E-state index < -0.39 is 18.2 Å². The summed E-state index contributed by atoms with van der Waals surface area (Å²) >= 11 is 5.80. The minimum Gasteiger partial charge on any atom is -0.467 e. The quantitative estimate of drug-likeness (QED) is 0.724. The molecule has 23 heavy (non-hydrogen) atoms. The second-order valence-corrected chi connectivity index (χ2v) is 5.38. The number of rotatable bonds is 7. The van der Waals surface area contributed by atoms with Crippen molar-refractivity contribution in [3.63, 3.8) is 0 Å². The standard InChI is InChI=1S/C16H19ClN2O4/c1-22-10-13(15-3-2-8-23-15)19-16(21)18-9-14(20)11-4-6-12(17)7-5-11/h2-8,13-14,20H,9-10H2,1H3,(H2,18,19,21). The molecule has 124 valence electrons. The number of carbonyl (C=O) groups excluding carboxylic acids is 1. The highest BCUT2D eigenvalue weighted by atomic mass is 35.5. The molecule has 7 heteroatoms. The van der Waals surface area contributed by atoms with Gasteiger partial charge in [-0.05, 0) is 29.8 Å². The summed E-state index contributed by atoms with van der Waals surface area (Å²) in [7, 11) is 1.54. The van der Waals surface area contributed by atoms with Gasteiger partial charge in [-0.25, -0.2) is 4.79 Å². The predicted molar refractivity (Wildman–Crippen MR) is 86.3 cm³/mol. The second-order valence-electron chi connectivity index (χ2n) is 4.95. The van der Waals surface area contributed by atoms with Crippen molar-refractivity contribution in [2.24, 2.45) is 0 Å². The highest BCUT2D eigenvalue weighted by Crippen LogP contribution is 2.16. The van der Waals surface area contributed by atoms with E-state index in [4.69, 9.17) is 20.8 Å². The molecule has 0 saturated heterocycles. The number of nitrogens with one attached hydrogen (secondary N) is 2. The Labute approximate surface area is 139 Å². The van der Waals surface area contributed by atoms with E-state index in [-0.39, 0.29) is 13.2 Å². The maximum atomic E-state index is 12.0. The minimum absolute atomic E-state index is 0.0747. The lowest BCUT2D eigenvalue weighted by molar-refractivity contribution is 0.152. The van der Waals surface area contributed by atoms with Gasteiger partial charge >= 0.3 is 6.03 Å². The Morgan fingerprint density at radius 1 is 1.35 bits per heavy atom. The molecule has 2 rings (SSSR count). The number of furan rings is 1. The van der Waals surface area contributed by atoms with Gasteiger partial charge in [0.2, 0.25) is 0 Å². The molecule has 1 aromatic carbocycles. The van der Waals surface area contributed by atoms with Gasteiger partial charge in [-0.2, -0.15) is 0 Å². The summed E-state index contributed by atoms with van der Waals surface area (Å²) in [5.74, 6) is 0.597. The highest BCUT2D eigenvalue weighted by molar-refractivity contribution is 6.30. The number of benzene rings is 1. The fraction of sp³-hybridized carbons (Fsp3) is 0.312. The Morgan fingerprint density at radius 3 is 2.70 bits per heavy atom. The zero-order valence-corrected chi connectivity index (χ0v) is 13.4. The van der Waals surface area contributed by atoms with Crippen molar-refractivity contribution in [3.05, 3.63) is 59.0 Å². The van der Waals surface area contributed by atoms with Gasteiger partial charge in [-0.3, -0.25) is 0 Å². The van der Waals surface area contributed by atoms with Gasteiger partial charge in [-0.1, -0.05) is 23.7 Å². The van der Waals surface area contributed by atoms with Crippen molar-refractivity contribution in [3.8, 4) is 0 Å². The minimum atomic E-state index is -0.817. The van der Waals surface area contributed by atoms with E-state index in [1.54, 1.807) is 43.5 Å². The zero-order valence-electron chi connectivity index (χ0n) is 12.7. The summed E-state index contributed by atoms with van der Waals surface area (Å²) in [6, 6.07) is 9.47. The third kappa shape index (κ3) is 5.28. The van der Waals surface area contributed by atoms with Crippen LogP contribution in [0.25, 0.3) is 0 Å². The summed E-state index contributed by atoms with van der Waals surface area (Å²) in [5, 5.41) is 16.0. The van der Waals surface area contributed by atoms with Crippen molar-refractivity contribution in [2.45, 2.75) is 12.1 Å². The third-order valence-corrected chi connectivity index (χ3v) is 3.49. The van der Waals surface area contributed by atoms with Gasteiger partial charge in [0.15, 0.2) is 0 Å². The lowest BCUT2D eigenvalue weighted by atomic mass is 10.1. The Hall–Kier alpha value is -2.02. The summed E-state index contributed by atoms with van der Waals surface area (Å²) in [5.41, 5.74) is 0.675. The first-order valence-electron chi connectivity index (χ1n) is 7.10. The zero-order chi connectivity index (χ0) is 16.7. The second kappa shape index (κ2) is 8.57. The molecule has 1 heterocycles. The molecule has 0 aliphatic heterocycles. The Bertz CT molecular complexity index is 601. The monoisotopic (exact) mass is 338 g/mol. The molecule has 0 bridgehead atoms. The van der Waals surface area contributed by atoms with E-state index in [0.717, 1.165) is 0 Å². The number of carbonyl (C=O) groups is 1. The fourth-order valence-corrected chi connectivity index (χ4v) is 2.18. The third-order valence-electron chi connectivity index (χ3n) is 3.24. The Morgan fingerprint density at radius 2 is 2.09 bits per heavy atom. The van der Waals surface area contributed by atoms with E-state index in [2.05, 4.69) is 10.6 Å². The van der Waals surface area contributed by atoms with Gasteiger partial charge in [0.25, 0.3) is 0 Å². The average molecular weight is 339 g/mol. The van der Waals surface area contributed by atoms with Gasteiger partial charge in [-0.15, -0.1) is 0 Å². The van der Waals surface area contributed by atoms with Crippen molar-refractivity contribution in [1.82, 2.24) is 10.6 Å². The largest absolute Gasteiger partial charge is 0.467 e. The van der Waals surface area contributed by atoms with Gasteiger partial charge < -0.3 is 24.9 Å². The molecule has 2 unspecified atom stereocenters. The van der Waals surface area contributed by atoms with Crippen LogP contribution < -0.4 is 10.6 Å². The molecule has 3 N–H and O–H groups in total. The molecule has 2 amide bonds. The topological polar surface area (TPSA) is 83.7 Å². The molecule has 0 spiro atoms. The van der Waals surface area contributed by atoms with Crippen LogP contribution in [-0.4, -0.2) is 31.4 Å². The fourth-order valence-electron chi connectivity index (χ4n) is 2.05. The van der Waals surface area contributed by atoms with E-state index in [0.29, 0.717) is 16.3 Å². The van der Waals surface area contributed by atoms with E-state index in [1.165, 1.54) is 6.26 Å². The SMILES string of the molecule is COCC(NC(=O)NCC(O)c1ccc(Cl)cc1)c1ccco1. The number of aliphatic hydroxyl groups is 1. The number of aliphatic hydroxyl groups excluding tert-OH is 1. The molecule has 0 fully saturated rings. The van der Waals surface area contributed by atoms with Crippen LogP contribution in [0.2, 0.25) is 5.02 Å². The van der Waals surface area contributed by atoms with Crippen molar-refractivity contribution in [2.75, 3.05) is 20.3 Å². The van der Waals surface area contributed by atoms with Crippen LogP contribution in [0.15, 0.2) is 47.1 Å². The van der Waals surface area contributed by atoms with Gasteiger partial charge in [0.1, 0.15) is 11.8 Å². The number of hydrogen-bond donors (Lipinski definition) is 3. The van der Waals surface area contributed by atoms with Crippen molar-refractivity contribution in [1.29, 1.82) is 0 Å². The molecular weight excluding hydrogens is 320 g/mol. The summed E-state index contributed by atoms with van der Waals surface area (Å²) in [4.78, 5) is 12.0. The van der Waals surface area contributed by atoms with Crippen LogP contribution in [0.3, 0.4) is 0 Å². The number of halogens is 1. The predicted octanol–water partition coefficient (Wildman–Crippen LogP) is 2.65. The molecule has 0 radical (unpaired) electrons. The van der Waals surface area contributed by atoms with Crippen LogP contribution in [-0.2, 0) is 4.74 Å². The number of methoxy groups -OCH3 is 1. The summed E-state index contributed by atoms with van der Waals surface area (Å²) < 4.78 is 10.3. The Kier molecular flexibility index (Phi) is 6.46. The average Bonchev–Trinajstić information content (AvgIpc) is 3.07. The molecule has 6 nitrogen and oxygen atoms in total. The summed E-state index contributed by atoms with van der Waals surface area (Å²) in [6.45, 7) is 0.353. The number of amides is 2. The molecular formula is C16H19ClN2O4. The maximum Gasteiger partial charge on any atom is 0.315 e. The van der Waals surface area contributed by atoms with E-state index in [1.807, 2.05) is 0 Å². The first-order valence-corrected chi connectivity index (χ1v) is 7.48. The van der Waals surface area contributed by atoms with Gasteiger partial charge in [0.05, 0.1) is 19.0 Å². The van der Waals surface area contributed by atoms with Crippen LogP contribution in [0.4, 0.5) is 4.79 Å². The highest BCUT2D eigenvalue weighted by Gasteiger charge is 2.17. The van der Waals surface area contributed by atoms with E-state index >= 15 is 0 Å². The first-order chi connectivity index (χ1) is 11.1. The molecule has 0 aliphatic carbocycles. The van der Waals surface area contributed by atoms with Crippen LogP contribution >= 0.6 is 11.6 Å². The van der Waals surface area contributed by atoms with Crippen molar-refractivity contribution >= 4 is 17.6 Å². The molecule has 2 aromatic rings. The number of urea groups is 1. The van der Waals surface area contributed by atoms with Crippen molar-refractivity contribution < 1.29 is 19.1 Å². The maximum absolute atomic E-state index is 12.0. The molecule has 1 aromatic heterocycles. The van der Waals surface area contributed by atoms with E-state index in [9.17, 15) is 9.90 Å². The Balaban J connectivity index is 1.85.